The average molecular weight is 232 g/mol. The summed E-state index contributed by atoms with van der Waals surface area (Å²) in [6.45, 7) is 0. The van der Waals surface area contributed by atoms with Crippen molar-refractivity contribution >= 4 is 0 Å². The van der Waals surface area contributed by atoms with Gasteiger partial charge in [-0.1, -0.05) is 0 Å². The Hall–Kier alpha value is -1.84. The lowest BCUT2D eigenvalue weighted by Crippen LogP contribution is -2.10. The summed E-state index contributed by atoms with van der Waals surface area (Å²) >= 11 is 0. The van der Waals surface area contributed by atoms with Crippen LogP contribution in [-0.2, 0) is 12.8 Å². The predicted octanol–water partition coefficient (Wildman–Crippen LogP) is 2.18. The number of benzene rings is 1. The van der Waals surface area contributed by atoms with Gasteiger partial charge in [0.25, 0.3) is 5.56 Å². The van der Waals surface area contributed by atoms with E-state index in [1.165, 1.54) is 12.1 Å². The molecule has 0 aliphatic heterocycles. The van der Waals surface area contributed by atoms with E-state index >= 15 is 0 Å². The normalized spacial score (nSPS) is 14.6. The lowest BCUT2D eigenvalue weighted by molar-refractivity contribution is 0.625. The molecule has 0 bridgehead atoms. The minimum atomic E-state index is -0.267. The van der Waals surface area contributed by atoms with Gasteiger partial charge in [0, 0.05) is 11.3 Å². The van der Waals surface area contributed by atoms with E-state index < -0.39 is 0 Å². The number of H-pyrrole nitrogens is 1. The lowest BCUT2D eigenvalue weighted by atomic mass is 9.98. The molecule has 1 aliphatic carbocycles. The van der Waals surface area contributed by atoms with Crippen LogP contribution in [0.15, 0.2) is 29.1 Å². The van der Waals surface area contributed by atoms with Crippen LogP contribution in [0.1, 0.15) is 24.1 Å². The zero-order chi connectivity index (χ0) is 11.8. The molecule has 1 aromatic carbocycles. The summed E-state index contributed by atoms with van der Waals surface area (Å²) in [5, 5.41) is 2.83. The summed E-state index contributed by atoms with van der Waals surface area (Å²) in [5.74, 6) is -0.267. The van der Waals surface area contributed by atoms with Crippen LogP contribution in [0.3, 0.4) is 0 Å². The van der Waals surface area contributed by atoms with Gasteiger partial charge in [-0.25, -0.2) is 4.39 Å². The Balaban J connectivity index is 2.15. The Kier molecular flexibility index (Phi) is 2.35. The van der Waals surface area contributed by atoms with E-state index in [2.05, 4.69) is 5.10 Å². The molecule has 0 saturated heterocycles. The van der Waals surface area contributed by atoms with Crippen molar-refractivity contribution in [1.82, 2.24) is 9.78 Å². The summed E-state index contributed by atoms with van der Waals surface area (Å²) in [5.41, 5.74) is 2.74. The average Bonchev–Trinajstić information content (AvgIpc) is 2.69. The highest BCUT2D eigenvalue weighted by Gasteiger charge is 2.18. The van der Waals surface area contributed by atoms with Crippen LogP contribution in [0.4, 0.5) is 4.39 Å². The summed E-state index contributed by atoms with van der Waals surface area (Å²) in [4.78, 5) is 11.8. The molecular formula is C13H13FN2O. The highest BCUT2D eigenvalue weighted by molar-refractivity contribution is 5.36. The number of fused-ring (bicyclic) bond motifs is 1. The lowest BCUT2D eigenvalue weighted by Gasteiger charge is -2.13. The zero-order valence-electron chi connectivity index (χ0n) is 9.37. The van der Waals surface area contributed by atoms with E-state index in [1.54, 1.807) is 16.8 Å². The molecule has 0 saturated carbocycles. The molecule has 1 aliphatic rings. The van der Waals surface area contributed by atoms with Gasteiger partial charge in [-0.15, -0.1) is 0 Å². The smallest absolute Gasteiger partial charge is 0.267 e. The van der Waals surface area contributed by atoms with Crippen molar-refractivity contribution in [2.24, 2.45) is 0 Å². The van der Waals surface area contributed by atoms with E-state index in [0.29, 0.717) is 0 Å². The first kappa shape index (κ1) is 10.3. The number of rotatable bonds is 1. The summed E-state index contributed by atoms with van der Waals surface area (Å²) in [6, 6.07) is 6.17. The topological polar surface area (TPSA) is 37.8 Å². The molecule has 3 nitrogen and oxygen atoms in total. The van der Waals surface area contributed by atoms with Crippen LogP contribution >= 0.6 is 0 Å². The monoisotopic (exact) mass is 232 g/mol. The first-order chi connectivity index (χ1) is 8.25. The summed E-state index contributed by atoms with van der Waals surface area (Å²) in [6.07, 6.45) is 3.93. The molecular weight excluding hydrogens is 219 g/mol. The Morgan fingerprint density at radius 3 is 2.59 bits per heavy atom. The molecule has 1 heterocycles. The molecule has 1 N–H and O–H groups in total. The van der Waals surface area contributed by atoms with Crippen molar-refractivity contribution in [3.05, 3.63) is 51.7 Å². The van der Waals surface area contributed by atoms with Gasteiger partial charge in [-0.2, -0.15) is 0 Å². The number of nitrogens with zero attached hydrogens (tertiary/aromatic N) is 1. The van der Waals surface area contributed by atoms with Gasteiger partial charge in [0.1, 0.15) is 5.82 Å². The Labute approximate surface area is 97.9 Å². The van der Waals surface area contributed by atoms with E-state index in [-0.39, 0.29) is 11.4 Å². The number of hydrogen-bond donors (Lipinski definition) is 1. The molecule has 3 rings (SSSR count). The number of halogens is 1. The van der Waals surface area contributed by atoms with Gasteiger partial charge < -0.3 is 0 Å². The van der Waals surface area contributed by atoms with Crippen molar-refractivity contribution in [3.63, 3.8) is 0 Å². The second kappa shape index (κ2) is 3.87. The number of nitrogens with one attached hydrogen (secondary N) is 1. The van der Waals surface area contributed by atoms with Crippen LogP contribution in [0.5, 0.6) is 0 Å². The first-order valence-corrected chi connectivity index (χ1v) is 5.84. The molecule has 88 valence electrons. The van der Waals surface area contributed by atoms with Crippen LogP contribution in [0.25, 0.3) is 5.69 Å². The van der Waals surface area contributed by atoms with Gasteiger partial charge in [0.2, 0.25) is 0 Å². The second-order valence-corrected chi connectivity index (χ2v) is 4.39. The molecule has 4 heteroatoms. The highest BCUT2D eigenvalue weighted by Crippen LogP contribution is 2.20. The van der Waals surface area contributed by atoms with Gasteiger partial charge in [0.05, 0.1) is 5.69 Å². The fraction of sp³-hybridized carbons (Fsp3) is 0.308. The van der Waals surface area contributed by atoms with Crippen LogP contribution in [-0.4, -0.2) is 9.78 Å². The van der Waals surface area contributed by atoms with E-state index in [4.69, 9.17) is 0 Å². The molecule has 0 amide bonds. The molecule has 0 atom stereocenters. The largest absolute Gasteiger partial charge is 0.268 e. The molecule has 2 aromatic rings. The molecule has 0 spiro atoms. The maximum Gasteiger partial charge on any atom is 0.267 e. The van der Waals surface area contributed by atoms with E-state index in [9.17, 15) is 9.18 Å². The number of hydrogen-bond acceptors (Lipinski definition) is 1. The van der Waals surface area contributed by atoms with Gasteiger partial charge in [-0.05, 0) is 49.9 Å². The fourth-order valence-corrected chi connectivity index (χ4v) is 2.43. The number of aromatic amines is 1. The van der Waals surface area contributed by atoms with Crippen molar-refractivity contribution in [2.75, 3.05) is 0 Å². The van der Waals surface area contributed by atoms with Crippen LogP contribution in [0.2, 0.25) is 0 Å². The van der Waals surface area contributed by atoms with Crippen LogP contribution < -0.4 is 5.56 Å². The standard InChI is InChI=1S/C13H13FN2O/c14-9-5-7-10(8-6-9)16-12-4-2-1-3-11(12)13(17)15-16/h5-8H,1-4H2,(H,15,17). The third kappa shape index (κ3) is 1.69. The minimum Gasteiger partial charge on any atom is -0.268 e. The molecule has 1 aromatic heterocycles. The van der Waals surface area contributed by atoms with Gasteiger partial charge in [0.15, 0.2) is 0 Å². The maximum absolute atomic E-state index is 12.9. The molecule has 17 heavy (non-hydrogen) atoms. The third-order valence-electron chi connectivity index (χ3n) is 3.28. The van der Waals surface area contributed by atoms with Crippen molar-refractivity contribution in [1.29, 1.82) is 0 Å². The van der Waals surface area contributed by atoms with Crippen molar-refractivity contribution in [2.45, 2.75) is 25.7 Å². The zero-order valence-corrected chi connectivity index (χ0v) is 9.37. The summed E-state index contributed by atoms with van der Waals surface area (Å²) in [7, 11) is 0. The van der Waals surface area contributed by atoms with E-state index in [1.807, 2.05) is 0 Å². The molecule has 0 unspecified atom stereocenters. The second-order valence-electron chi connectivity index (χ2n) is 4.39. The highest BCUT2D eigenvalue weighted by atomic mass is 19.1. The van der Waals surface area contributed by atoms with Gasteiger partial charge in [-0.3, -0.25) is 14.6 Å². The Morgan fingerprint density at radius 2 is 1.82 bits per heavy atom. The number of aromatic nitrogens is 2. The van der Waals surface area contributed by atoms with Gasteiger partial charge >= 0.3 is 0 Å². The van der Waals surface area contributed by atoms with E-state index in [0.717, 1.165) is 42.6 Å². The van der Waals surface area contributed by atoms with Crippen molar-refractivity contribution in [3.8, 4) is 5.69 Å². The SMILES string of the molecule is O=c1[nH]n(-c2ccc(F)cc2)c2c1CCCC2. The Morgan fingerprint density at radius 1 is 1.12 bits per heavy atom. The predicted molar refractivity (Wildman–Crippen MR) is 63.0 cm³/mol. The van der Waals surface area contributed by atoms with Crippen molar-refractivity contribution < 1.29 is 4.39 Å². The third-order valence-corrected chi connectivity index (χ3v) is 3.28. The Bertz CT molecular complexity index is 595. The molecule has 0 radical (unpaired) electrons. The van der Waals surface area contributed by atoms with Crippen LogP contribution in [0, 0.1) is 5.82 Å². The minimum absolute atomic E-state index is 0.0102. The molecule has 0 fully saturated rings. The maximum atomic E-state index is 12.9. The summed E-state index contributed by atoms with van der Waals surface area (Å²) < 4.78 is 14.7. The fourth-order valence-electron chi connectivity index (χ4n) is 2.43. The quantitative estimate of drug-likeness (QED) is 0.804. The first-order valence-electron chi connectivity index (χ1n) is 5.84.